The van der Waals surface area contributed by atoms with E-state index in [1.165, 1.54) is 0 Å². The first-order valence-electron chi connectivity index (χ1n) is 10.3. The third-order valence-corrected chi connectivity index (χ3v) is 5.86. The number of amides is 2. The number of likely N-dealkylation sites (tertiary alicyclic amines) is 2. The Bertz CT molecular complexity index is 898. The van der Waals surface area contributed by atoms with Crippen LogP contribution in [0.25, 0.3) is 0 Å². The summed E-state index contributed by atoms with van der Waals surface area (Å²) in [4.78, 5) is 28.7. The van der Waals surface area contributed by atoms with E-state index in [2.05, 4.69) is 0 Å². The third-order valence-electron chi connectivity index (χ3n) is 5.30. The topological polar surface area (TPSA) is 102 Å². The van der Waals surface area contributed by atoms with Crippen LogP contribution >= 0.6 is 0 Å². The molecule has 0 aromatic heterocycles. The molecule has 2 fully saturated rings. The Morgan fingerprint density at radius 2 is 1.77 bits per heavy atom. The first-order chi connectivity index (χ1) is 14.4. The van der Waals surface area contributed by atoms with Crippen molar-refractivity contribution in [3.63, 3.8) is 0 Å². The number of hydrogen-bond donors (Lipinski definition) is 0. The molecule has 0 saturated carbocycles. The molecule has 10 heteroatoms. The minimum absolute atomic E-state index is 0.123. The summed E-state index contributed by atoms with van der Waals surface area (Å²) in [6.45, 7) is 6.00. The number of carbonyl (C=O) groups excluding carboxylic acids is 2. The Labute approximate surface area is 183 Å². The van der Waals surface area contributed by atoms with Crippen molar-refractivity contribution in [2.45, 2.75) is 51.5 Å². The molecule has 3 rings (SSSR count). The zero-order valence-corrected chi connectivity index (χ0v) is 19.1. The van der Waals surface area contributed by atoms with E-state index in [1.54, 1.807) is 30.6 Å². The molecule has 1 aromatic carbocycles. The predicted octanol–water partition coefficient (Wildman–Crippen LogP) is 2.61. The van der Waals surface area contributed by atoms with Gasteiger partial charge in [0, 0.05) is 19.0 Å². The maximum absolute atomic E-state index is 12.8. The standard InChI is InChI=1S/C21H30N2O7S/c1-21(2,3)30-20(25)22-11-10-17-18(22)16(14-29-31(4,26)27)12-23(17)19(24)28-13-15-8-6-5-7-9-15/h5-9,16-18H,10-14H2,1-4H3/t16-,17-,18?/m1/s1. The minimum atomic E-state index is -3.66. The molecule has 1 aromatic rings. The second kappa shape index (κ2) is 9.04. The van der Waals surface area contributed by atoms with Gasteiger partial charge in [0.25, 0.3) is 10.1 Å². The fraction of sp³-hybridized carbons (Fsp3) is 0.619. The Balaban J connectivity index is 1.74. The summed E-state index contributed by atoms with van der Waals surface area (Å²) >= 11 is 0. The van der Waals surface area contributed by atoms with E-state index in [0.29, 0.717) is 13.0 Å². The van der Waals surface area contributed by atoms with Crippen LogP contribution in [0.3, 0.4) is 0 Å². The van der Waals surface area contributed by atoms with E-state index in [4.69, 9.17) is 13.7 Å². The van der Waals surface area contributed by atoms with Crippen molar-refractivity contribution in [2.75, 3.05) is 26.0 Å². The highest BCUT2D eigenvalue weighted by molar-refractivity contribution is 7.85. The number of nitrogens with zero attached hydrogens (tertiary/aromatic N) is 2. The third kappa shape index (κ3) is 6.10. The summed E-state index contributed by atoms with van der Waals surface area (Å²) in [5.41, 5.74) is 0.200. The van der Waals surface area contributed by atoms with E-state index in [1.807, 2.05) is 30.3 Å². The molecule has 0 bridgehead atoms. The van der Waals surface area contributed by atoms with Gasteiger partial charge < -0.3 is 19.3 Å². The van der Waals surface area contributed by atoms with Gasteiger partial charge in [-0.15, -0.1) is 0 Å². The molecule has 9 nitrogen and oxygen atoms in total. The van der Waals surface area contributed by atoms with Gasteiger partial charge in [0.05, 0.1) is 24.9 Å². The van der Waals surface area contributed by atoms with Crippen LogP contribution < -0.4 is 0 Å². The average molecular weight is 455 g/mol. The van der Waals surface area contributed by atoms with Gasteiger partial charge in [-0.1, -0.05) is 30.3 Å². The van der Waals surface area contributed by atoms with Crippen molar-refractivity contribution in [2.24, 2.45) is 5.92 Å². The largest absolute Gasteiger partial charge is 0.445 e. The number of ether oxygens (including phenoxy) is 2. The van der Waals surface area contributed by atoms with Gasteiger partial charge in [0.2, 0.25) is 0 Å². The molecular formula is C21H30N2O7S. The highest BCUT2D eigenvalue weighted by atomic mass is 32.2. The van der Waals surface area contributed by atoms with E-state index in [9.17, 15) is 18.0 Å². The minimum Gasteiger partial charge on any atom is -0.445 e. The number of hydrogen-bond acceptors (Lipinski definition) is 7. The van der Waals surface area contributed by atoms with Crippen molar-refractivity contribution in [3.8, 4) is 0 Å². The van der Waals surface area contributed by atoms with Crippen molar-refractivity contribution in [1.82, 2.24) is 9.80 Å². The number of rotatable bonds is 5. The van der Waals surface area contributed by atoms with Gasteiger partial charge in [-0.2, -0.15) is 8.42 Å². The molecule has 0 N–H and O–H groups in total. The normalized spacial score (nSPS) is 23.5. The van der Waals surface area contributed by atoms with E-state index >= 15 is 0 Å². The molecule has 0 aliphatic carbocycles. The molecule has 0 spiro atoms. The zero-order valence-electron chi connectivity index (χ0n) is 18.3. The zero-order chi connectivity index (χ0) is 22.8. The van der Waals surface area contributed by atoms with Crippen molar-refractivity contribution < 1.29 is 31.7 Å². The van der Waals surface area contributed by atoms with Crippen LogP contribution in [0.1, 0.15) is 32.8 Å². The van der Waals surface area contributed by atoms with Crippen LogP contribution in [0.5, 0.6) is 0 Å². The number of carbonyl (C=O) groups is 2. The molecule has 2 aliphatic heterocycles. The van der Waals surface area contributed by atoms with Crippen LogP contribution in [0, 0.1) is 5.92 Å². The quantitative estimate of drug-likeness (QED) is 0.630. The average Bonchev–Trinajstić information content (AvgIpc) is 3.24. The Morgan fingerprint density at radius 1 is 1.10 bits per heavy atom. The Kier molecular flexibility index (Phi) is 6.80. The summed E-state index contributed by atoms with van der Waals surface area (Å²) in [6, 6.07) is 8.65. The summed E-state index contributed by atoms with van der Waals surface area (Å²) in [5, 5.41) is 0. The molecule has 172 valence electrons. The summed E-state index contributed by atoms with van der Waals surface area (Å²) in [7, 11) is -3.66. The van der Waals surface area contributed by atoms with Gasteiger partial charge in [0.15, 0.2) is 0 Å². The molecule has 2 saturated heterocycles. The number of fused-ring (bicyclic) bond motifs is 1. The molecule has 0 radical (unpaired) electrons. The second-order valence-electron chi connectivity index (χ2n) is 8.96. The SMILES string of the molecule is CC(C)(C)OC(=O)N1CC[C@@H]2C1[C@@H](COS(C)(=O)=O)CN2C(=O)OCc1ccccc1. The first kappa shape index (κ1) is 23.3. The lowest BCUT2D eigenvalue weighted by Crippen LogP contribution is -2.46. The summed E-state index contributed by atoms with van der Waals surface area (Å²) in [6.07, 6.45) is 0.557. The highest BCUT2D eigenvalue weighted by Crippen LogP contribution is 2.37. The second-order valence-corrected chi connectivity index (χ2v) is 10.6. The lowest BCUT2D eigenvalue weighted by Gasteiger charge is -2.30. The fourth-order valence-electron chi connectivity index (χ4n) is 4.11. The maximum Gasteiger partial charge on any atom is 0.410 e. The highest BCUT2D eigenvalue weighted by Gasteiger charge is 2.53. The molecule has 31 heavy (non-hydrogen) atoms. The van der Waals surface area contributed by atoms with Gasteiger partial charge >= 0.3 is 12.2 Å². The molecule has 2 aliphatic rings. The van der Waals surface area contributed by atoms with Gasteiger partial charge in [-0.05, 0) is 32.8 Å². The monoisotopic (exact) mass is 454 g/mol. The van der Waals surface area contributed by atoms with E-state index in [0.717, 1.165) is 11.8 Å². The van der Waals surface area contributed by atoms with Crippen LogP contribution in [-0.4, -0.2) is 74.0 Å². The predicted molar refractivity (Wildman–Crippen MR) is 113 cm³/mol. The summed E-state index contributed by atoms with van der Waals surface area (Å²) in [5.74, 6) is -0.376. The Hall–Kier alpha value is -2.33. The van der Waals surface area contributed by atoms with Crippen molar-refractivity contribution in [3.05, 3.63) is 35.9 Å². The molecule has 3 atom stereocenters. The molecular weight excluding hydrogens is 424 g/mol. The maximum atomic E-state index is 12.8. The summed E-state index contributed by atoms with van der Waals surface area (Å²) < 4.78 is 39.1. The lowest BCUT2D eigenvalue weighted by molar-refractivity contribution is 0.0173. The van der Waals surface area contributed by atoms with Gasteiger partial charge in [0.1, 0.15) is 12.2 Å². The van der Waals surface area contributed by atoms with Crippen LogP contribution in [0.4, 0.5) is 9.59 Å². The fourth-order valence-corrected chi connectivity index (χ4v) is 4.53. The van der Waals surface area contributed by atoms with Crippen molar-refractivity contribution >= 4 is 22.3 Å². The molecule has 2 amide bonds. The Morgan fingerprint density at radius 3 is 2.39 bits per heavy atom. The smallest absolute Gasteiger partial charge is 0.410 e. The van der Waals surface area contributed by atoms with E-state index < -0.39 is 33.9 Å². The first-order valence-corrected chi connectivity index (χ1v) is 12.1. The number of benzene rings is 1. The van der Waals surface area contributed by atoms with Crippen molar-refractivity contribution in [1.29, 1.82) is 0 Å². The van der Waals surface area contributed by atoms with Crippen LogP contribution in [0.15, 0.2) is 30.3 Å². The lowest BCUT2D eigenvalue weighted by atomic mass is 10.0. The molecule has 1 unspecified atom stereocenters. The van der Waals surface area contributed by atoms with E-state index in [-0.39, 0.29) is 31.7 Å². The molecule has 2 heterocycles. The van der Waals surface area contributed by atoms with Gasteiger partial charge in [-0.3, -0.25) is 4.18 Å². The van der Waals surface area contributed by atoms with Crippen LogP contribution in [-0.2, 0) is 30.4 Å². The van der Waals surface area contributed by atoms with Gasteiger partial charge in [-0.25, -0.2) is 9.59 Å². The van der Waals surface area contributed by atoms with Crippen LogP contribution in [0.2, 0.25) is 0 Å².